The Morgan fingerprint density at radius 2 is 1.83 bits per heavy atom. The van der Waals surface area contributed by atoms with Gasteiger partial charge in [-0.3, -0.25) is 9.59 Å². The molecular formula is C18H26N2O4. The Morgan fingerprint density at radius 1 is 1.12 bits per heavy atom. The molecule has 0 bridgehead atoms. The Bertz CT molecular complexity index is 527. The van der Waals surface area contributed by atoms with E-state index >= 15 is 0 Å². The van der Waals surface area contributed by atoms with Crippen molar-refractivity contribution in [3.63, 3.8) is 0 Å². The largest absolute Gasteiger partial charge is 0.383 e. The summed E-state index contributed by atoms with van der Waals surface area (Å²) in [6, 6.07) is 9.82. The second-order valence-corrected chi connectivity index (χ2v) is 5.91. The van der Waals surface area contributed by atoms with Gasteiger partial charge in [-0.2, -0.15) is 0 Å². The summed E-state index contributed by atoms with van der Waals surface area (Å²) in [5.41, 5.74) is 0.446. The maximum absolute atomic E-state index is 12.8. The molecule has 1 aromatic carbocycles. The van der Waals surface area contributed by atoms with E-state index in [1.54, 1.807) is 7.11 Å². The molecule has 0 unspecified atom stereocenters. The number of carbonyl (C=O) groups excluding carboxylic acids is 2. The van der Waals surface area contributed by atoms with E-state index in [9.17, 15) is 9.59 Å². The molecule has 132 valence electrons. The van der Waals surface area contributed by atoms with Crippen molar-refractivity contribution in [2.45, 2.75) is 24.7 Å². The number of amides is 2. The molecule has 1 aliphatic rings. The van der Waals surface area contributed by atoms with Crippen molar-refractivity contribution >= 4 is 11.8 Å². The van der Waals surface area contributed by atoms with Gasteiger partial charge in [0.15, 0.2) is 0 Å². The van der Waals surface area contributed by atoms with Gasteiger partial charge in [0.05, 0.1) is 12.0 Å². The third-order valence-electron chi connectivity index (χ3n) is 4.37. The number of rotatable bonds is 8. The highest BCUT2D eigenvalue weighted by molar-refractivity contribution is 5.88. The maximum atomic E-state index is 12.8. The van der Waals surface area contributed by atoms with Gasteiger partial charge in [-0.25, -0.2) is 0 Å². The van der Waals surface area contributed by atoms with Crippen molar-refractivity contribution in [2.75, 3.05) is 40.0 Å². The molecule has 0 saturated carbocycles. The highest BCUT2D eigenvalue weighted by Gasteiger charge is 2.41. The molecule has 2 N–H and O–H groups in total. The van der Waals surface area contributed by atoms with Gasteiger partial charge in [-0.05, 0) is 18.4 Å². The number of carbonyl (C=O) groups is 2. The molecule has 1 fully saturated rings. The van der Waals surface area contributed by atoms with E-state index in [1.807, 2.05) is 30.3 Å². The smallest absolute Gasteiger partial charge is 0.230 e. The van der Waals surface area contributed by atoms with Crippen LogP contribution in [0.25, 0.3) is 0 Å². The van der Waals surface area contributed by atoms with Gasteiger partial charge in [0.1, 0.15) is 0 Å². The number of methoxy groups -OCH3 is 1. The fourth-order valence-corrected chi connectivity index (χ4v) is 2.96. The van der Waals surface area contributed by atoms with E-state index in [2.05, 4.69) is 10.6 Å². The van der Waals surface area contributed by atoms with Crippen LogP contribution in [0.3, 0.4) is 0 Å². The molecular weight excluding hydrogens is 308 g/mol. The Hall–Kier alpha value is -1.92. The molecule has 2 amide bonds. The third-order valence-corrected chi connectivity index (χ3v) is 4.37. The van der Waals surface area contributed by atoms with E-state index in [0.717, 1.165) is 5.56 Å². The van der Waals surface area contributed by atoms with Gasteiger partial charge in [0, 0.05) is 39.8 Å². The van der Waals surface area contributed by atoms with Crippen LogP contribution < -0.4 is 10.6 Å². The average Bonchev–Trinajstić information content (AvgIpc) is 2.63. The van der Waals surface area contributed by atoms with E-state index < -0.39 is 5.41 Å². The van der Waals surface area contributed by atoms with Gasteiger partial charge in [0.25, 0.3) is 0 Å². The molecule has 0 radical (unpaired) electrons. The summed E-state index contributed by atoms with van der Waals surface area (Å²) in [5, 5.41) is 5.67. The van der Waals surface area contributed by atoms with Crippen LogP contribution in [0.2, 0.25) is 0 Å². The van der Waals surface area contributed by atoms with Crippen LogP contribution in [-0.4, -0.2) is 51.8 Å². The minimum absolute atomic E-state index is 0.0262. The normalized spacial score (nSPS) is 16.4. The summed E-state index contributed by atoms with van der Waals surface area (Å²) in [6.45, 7) is 2.43. The lowest BCUT2D eigenvalue weighted by atomic mass is 9.73. The Morgan fingerprint density at radius 3 is 2.50 bits per heavy atom. The van der Waals surface area contributed by atoms with Gasteiger partial charge < -0.3 is 20.1 Å². The van der Waals surface area contributed by atoms with Gasteiger partial charge in [0.2, 0.25) is 11.8 Å². The molecule has 1 aliphatic heterocycles. The van der Waals surface area contributed by atoms with E-state index in [1.165, 1.54) is 0 Å². The summed E-state index contributed by atoms with van der Waals surface area (Å²) < 4.78 is 10.3. The predicted molar refractivity (Wildman–Crippen MR) is 90.7 cm³/mol. The first-order valence-corrected chi connectivity index (χ1v) is 8.36. The zero-order valence-corrected chi connectivity index (χ0v) is 14.2. The molecule has 6 nitrogen and oxygen atoms in total. The minimum Gasteiger partial charge on any atom is -0.383 e. The highest BCUT2D eigenvalue weighted by Crippen LogP contribution is 2.35. The monoisotopic (exact) mass is 334 g/mol. The van der Waals surface area contributed by atoms with Crippen LogP contribution in [-0.2, 0) is 24.5 Å². The molecule has 0 atom stereocenters. The lowest BCUT2D eigenvalue weighted by Gasteiger charge is -2.36. The van der Waals surface area contributed by atoms with E-state index in [4.69, 9.17) is 9.47 Å². The van der Waals surface area contributed by atoms with Crippen LogP contribution in [0.4, 0.5) is 0 Å². The number of nitrogens with one attached hydrogen (secondary N) is 2. The zero-order valence-electron chi connectivity index (χ0n) is 14.2. The quantitative estimate of drug-likeness (QED) is 0.696. The fourth-order valence-electron chi connectivity index (χ4n) is 2.96. The zero-order chi connectivity index (χ0) is 17.3. The molecule has 0 spiro atoms. The van der Waals surface area contributed by atoms with Gasteiger partial charge in [-0.1, -0.05) is 30.3 Å². The predicted octanol–water partition coefficient (Wildman–Crippen LogP) is 1.00. The number of hydrogen-bond acceptors (Lipinski definition) is 4. The fraction of sp³-hybridized carbons (Fsp3) is 0.556. The number of hydrogen-bond donors (Lipinski definition) is 2. The first kappa shape index (κ1) is 18.4. The third kappa shape index (κ3) is 4.79. The van der Waals surface area contributed by atoms with Crippen molar-refractivity contribution in [3.05, 3.63) is 35.9 Å². The number of ether oxygens (including phenoxy) is 2. The summed E-state index contributed by atoms with van der Waals surface area (Å²) in [5.74, 6) is -0.116. The molecule has 1 heterocycles. The average molecular weight is 334 g/mol. The van der Waals surface area contributed by atoms with Gasteiger partial charge in [-0.15, -0.1) is 0 Å². The van der Waals surface area contributed by atoms with Crippen molar-refractivity contribution in [3.8, 4) is 0 Å². The lowest BCUT2D eigenvalue weighted by Crippen LogP contribution is -2.48. The standard InChI is InChI=1S/C18H26N2O4/c1-23-14-11-19-16(21)7-10-20-17(22)18(8-12-24-13-9-18)15-5-3-2-4-6-15/h2-6H,7-14H2,1H3,(H,19,21)(H,20,22). The molecule has 0 aromatic heterocycles. The van der Waals surface area contributed by atoms with Crippen LogP contribution in [0, 0.1) is 0 Å². The van der Waals surface area contributed by atoms with Crippen molar-refractivity contribution < 1.29 is 19.1 Å². The molecule has 1 saturated heterocycles. The SMILES string of the molecule is COCCNC(=O)CCNC(=O)C1(c2ccccc2)CCOCC1. The molecule has 0 aliphatic carbocycles. The molecule has 2 rings (SSSR count). The van der Waals surface area contributed by atoms with Gasteiger partial charge >= 0.3 is 0 Å². The Labute approximate surface area is 142 Å². The second kappa shape index (κ2) is 9.39. The molecule has 6 heteroatoms. The van der Waals surface area contributed by atoms with Crippen molar-refractivity contribution in [1.82, 2.24) is 10.6 Å². The second-order valence-electron chi connectivity index (χ2n) is 5.91. The number of benzene rings is 1. The van der Waals surface area contributed by atoms with Crippen LogP contribution >= 0.6 is 0 Å². The molecule has 1 aromatic rings. The summed E-state index contributed by atoms with van der Waals surface area (Å²) in [4.78, 5) is 24.5. The van der Waals surface area contributed by atoms with E-state index in [-0.39, 0.29) is 18.2 Å². The summed E-state index contributed by atoms with van der Waals surface area (Å²) >= 11 is 0. The van der Waals surface area contributed by atoms with Crippen LogP contribution in [0.5, 0.6) is 0 Å². The maximum Gasteiger partial charge on any atom is 0.230 e. The first-order chi connectivity index (χ1) is 11.7. The highest BCUT2D eigenvalue weighted by atomic mass is 16.5. The van der Waals surface area contributed by atoms with Crippen LogP contribution in [0.15, 0.2) is 30.3 Å². The van der Waals surface area contributed by atoms with E-state index in [0.29, 0.717) is 45.8 Å². The first-order valence-electron chi connectivity index (χ1n) is 8.36. The summed E-state index contributed by atoms with van der Waals surface area (Å²) in [7, 11) is 1.59. The Kier molecular flexibility index (Phi) is 7.21. The van der Waals surface area contributed by atoms with Crippen LogP contribution in [0.1, 0.15) is 24.8 Å². The topological polar surface area (TPSA) is 76.7 Å². The molecule has 24 heavy (non-hydrogen) atoms. The van der Waals surface area contributed by atoms with Crippen molar-refractivity contribution in [1.29, 1.82) is 0 Å². The lowest BCUT2D eigenvalue weighted by molar-refractivity contribution is -0.130. The Balaban J connectivity index is 1.91. The van der Waals surface area contributed by atoms with Crippen molar-refractivity contribution in [2.24, 2.45) is 0 Å². The minimum atomic E-state index is -0.563. The summed E-state index contributed by atoms with van der Waals surface area (Å²) in [6.07, 6.45) is 1.57.